The van der Waals surface area contributed by atoms with Crippen LogP contribution in [0.4, 0.5) is 0 Å². The maximum absolute atomic E-state index is 10.7. The van der Waals surface area contributed by atoms with E-state index in [1.54, 1.807) is 0 Å². The standard InChI is InChI=1S/C7H13NO.C7H8.C6H6.3C2H6/c1-2-8-5-3-7(9)4-6-8;1-7-5-3-2-4-6-7;1-2-4-6-5-3-1;3*1-2/h2-6H2,1H3;2-6H,1H3;1-6H;3*1-2H3. The number of carbonyl (C=O) groups is 1. The average molecular weight is 388 g/mol. The molecule has 0 amide bonds. The SMILES string of the molecule is CC.CC.CC.CCN1CCC(=O)CC1.Cc1ccccc1.c1ccccc1. The molecule has 3 rings (SSSR count). The number of ketones is 1. The highest BCUT2D eigenvalue weighted by Crippen LogP contribution is 2.03. The van der Waals surface area contributed by atoms with Crippen LogP contribution in [0.1, 0.15) is 66.9 Å². The highest BCUT2D eigenvalue weighted by Gasteiger charge is 2.13. The van der Waals surface area contributed by atoms with Crippen LogP contribution in [0.2, 0.25) is 0 Å². The third-order valence-electron chi connectivity index (χ3n) is 3.47. The lowest BCUT2D eigenvalue weighted by molar-refractivity contribution is -0.121. The van der Waals surface area contributed by atoms with E-state index in [9.17, 15) is 4.79 Å². The van der Waals surface area contributed by atoms with Crippen molar-refractivity contribution in [1.29, 1.82) is 0 Å². The summed E-state index contributed by atoms with van der Waals surface area (Å²) in [5.41, 5.74) is 1.32. The molecule has 0 aliphatic carbocycles. The van der Waals surface area contributed by atoms with Crippen molar-refractivity contribution >= 4 is 5.78 Å². The lowest BCUT2D eigenvalue weighted by Gasteiger charge is -2.23. The highest BCUT2D eigenvalue weighted by molar-refractivity contribution is 5.79. The van der Waals surface area contributed by atoms with Gasteiger partial charge in [-0.25, -0.2) is 0 Å². The fourth-order valence-corrected chi connectivity index (χ4v) is 2.04. The van der Waals surface area contributed by atoms with Crippen molar-refractivity contribution in [3.05, 3.63) is 72.3 Å². The Morgan fingerprint density at radius 3 is 1.25 bits per heavy atom. The van der Waals surface area contributed by atoms with Gasteiger partial charge in [-0.05, 0) is 13.5 Å². The summed E-state index contributed by atoms with van der Waals surface area (Å²) in [5.74, 6) is 0.430. The third kappa shape index (κ3) is 22.1. The minimum absolute atomic E-state index is 0.430. The van der Waals surface area contributed by atoms with Crippen molar-refractivity contribution < 1.29 is 4.79 Å². The minimum Gasteiger partial charge on any atom is -0.303 e. The van der Waals surface area contributed by atoms with Gasteiger partial charge in [0.1, 0.15) is 5.78 Å². The summed E-state index contributed by atoms with van der Waals surface area (Å²) >= 11 is 0. The summed E-state index contributed by atoms with van der Waals surface area (Å²) in [7, 11) is 0. The van der Waals surface area contributed by atoms with Crippen LogP contribution in [-0.2, 0) is 4.79 Å². The van der Waals surface area contributed by atoms with Gasteiger partial charge in [0.25, 0.3) is 0 Å². The Labute approximate surface area is 176 Å². The van der Waals surface area contributed by atoms with E-state index in [0.717, 1.165) is 32.5 Å². The molecule has 0 bridgehead atoms. The van der Waals surface area contributed by atoms with Crippen molar-refractivity contribution in [2.24, 2.45) is 0 Å². The van der Waals surface area contributed by atoms with Crippen molar-refractivity contribution in [2.75, 3.05) is 19.6 Å². The maximum Gasteiger partial charge on any atom is 0.135 e. The largest absolute Gasteiger partial charge is 0.303 e. The summed E-state index contributed by atoms with van der Waals surface area (Å²) < 4.78 is 0. The molecule has 0 N–H and O–H groups in total. The van der Waals surface area contributed by atoms with E-state index in [4.69, 9.17) is 0 Å². The molecular formula is C26H45NO. The van der Waals surface area contributed by atoms with E-state index in [-0.39, 0.29) is 0 Å². The van der Waals surface area contributed by atoms with E-state index in [1.165, 1.54) is 5.56 Å². The van der Waals surface area contributed by atoms with Crippen LogP contribution < -0.4 is 0 Å². The number of likely N-dealkylation sites (tertiary alicyclic amines) is 1. The third-order valence-corrected chi connectivity index (χ3v) is 3.47. The molecule has 1 aliphatic rings. The normalized spacial score (nSPS) is 11.8. The first-order valence-electron chi connectivity index (χ1n) is 11.0. The van der Waals surface area contributed by atoms with E-state index in [2.05, 4.69) is 30.9 Å². The zero-order valence-electron chi connectivity index (χ0n) is 19.7. The number of Topliss-reactive ketones (excluding diaryl/α,β-unsaturated/α-hetero) is 1. The summed E-state index contributed by atoms with van der Waals surface area (Å²) in [6.45, 7) is 19.3. The first-order chi connectivity index (χ1) is 13.7. The molecule has 0 atom stereocenters. The molecule has 1 fully saturated rings. The smallest absolute Gasteiger partial charge is 0.135 e. The quantitative estimate of drug-likeness (QED) is 0.507. The van der Waals surface area contributed by atoms with Crippen molar-refractivity contribution in [3.8, 4) is 0 Å². The van der Waals surface area contributed by atoms with Gasteiger partial charge in [-0.2, -0.15) is 0 Å². The lowest BCUT2D eigenvalue weighted by atomic mass is 10.1. The van der Waals surface area contributed by atoms with Gasteiger partial charge in [-0.3, -0.25) is 4.79 Å². The van der Waals surface area contributed by atoms with E-state index in [1.807, 2.05) is 96.1 Å². The molecule has 1 heterocycles. The zero-order valence-corrected chi connectivity index (χ0v) is 19.7. The Kier molecular flexibility index (Phi) is 30.0. The number of rotatable bonds is 1. The fraction of sp³-hybridized carbons (Fsp3) is 0.500. The molecular weight excluding hydrogens is 342 g/mol. The zero-order chi connectivity index (χ0) is 22.0. The van der Waals surface area contributed by atoms with Crippen molar-refractivity contribution in [3.63, 3.8) is 0 Å². The number of carbonyl (C=O) groups excluding carboxylic acids is 1. The highest BCUT2D eigenvalue weighted by atomic mass is 16.1. The summed E-state index contributed by atoms with van der Waals surface area (Å²) in [6.07, 6.45) is 1.54. The van der Waals surface area contributed by atoms with Crippen LogP contribution in [-0.4, -0.2) is 30.3 Å². The molecule has 0 radical (unpaired) electrons. The molecule has 1 aliphatic heterocycles. The van der Waals surface area contributed by atoms with Crippen LogP contribution in [0.15, 0.2) is 66.7 Å². The van der Waals surface area contributed by atoms with E-state index < -0.39 is 0 Å². The van der Waals surface area contributed by atoms with Gasteiger partial charge in [0.05, 0.1) is 0 Å². The topological polar surface area (TPSA) is 20.3 Å². The molecule has 0 unspecified atom stereocenters. The number of aryl methyl sites for hydroxylation is 1. The number of hydrogen-bond donors (Lipinski definition) is 0. The number of nitrogens with zero attached hydrogens (tertiary/aromatic N) is 1. The predicted octanol–water partition coefficient (Wildman–Crippen LogP) is 7.43. The summed E-state index contributed by atoms with van der Waals surface area (Å²) in [5, 5.41) is 0. The van der Waals surface area contributed by atoms with Crippen molar-refractivity contribution in [2.45, 2.75) is 68.2 Å². The Morgan fingerprint density at radius 2 is 1.00 bits per heavy atom. The first-order valence-corrected chi connectivity index (χ1v) is 11.0. The van der Waals surface area contributed by atoms with Gasteiger partial charge in [0.2, 0.25) is 0 Å². The molecule has 2 aromatic rings. The van der Waals surface area contributed by atoms with Crippen LogP contribution >= 0.6 is 0 Å². The van der Waals surface area contributed by atoms with Gasteiger partial charge in [-0.1, -0.05) is 121 Å². The maximum atomic E-state index is 10.7. The van der Waals surface area contributed by atoms with Gasteiger partial charge in [-0.15, -0.1) is 0 Å². The molecule has 28 heavy (non-hydrogen) atoms. The predicted molar refractivity (Wildman–Crippen MR) is 128 cm³/mol. The van der Waals surface area contributed by atoms with Gasteiger partial charge in [0.15, 0.2) is 0 Å². The van der Waals surface area contributed by atoms with Crippen LogP contribution in [0.25, 0.3) is 0 Å². The van der Waals surface area contributed by atoms with Crippen LogP contribution in [0, 0.1) is 6.92 Å². The molecule has 0 aromatic heterocycles. The molecule has 0 saturated carbocycles. The van der Waals surface area contributed by atoms with Gasteiger partial charge >= 0.3 is 0 Å². The Balaban J connectivity index is -0.000000299. The fourth-order valence-electron chi connectivity index (χ4n) is 2.04. The number of piperidine rings is 1. The Morgan fingerprint density at radius 1 is 0.679 bits per heavy atom. The Hall–Kier alpha value is -1.93. The second kappa shape index (κ2) is 27.3. The van der Waals surface area contributed by atoms with Crippen LogP contribution in [0.5, 0.6) is 0 Å². The summed E-state index contributed by atoms with van der Waals surface area (Å²) in [6, 6.07) is 22.3. The second-order valence-electron chi connectivity index (χ2n) is 5.28. The van der Waals surface area contributed by atoms with Gasteiger partial charge < -0.3 is 4.90 Å². The summed E-state index contributed by atoms with van der Waals surface area (Å²) in [4.78, 5) is 13.0. The number of benzene rings is 2. The molecule has 1 saturated heterocycles. The molecule has 2 aromatic carbocycles. The van der Waals surface area contributed by atoms with Gasteiger partial charge in [0, 0.05) is 25.9 Å². The van der Waals surface area contributed by atoms with E-state index in [0.29, 0.717) is 5.78 Å². The molecule has 2 nitrogen and oxygen atoms in total. The molecule has 160 valence electrons. The van der Waals surface area contributed by atoms with Crippen LogP contribution in [0.3, 0.4) is 0 Å². The first kappa shape index (κ1) is 30.8. The van der Waals surface area contributed by atoms with Crippen molar-refractivity contribution in [1.82, 2.24) is 4.90 Å². The van der Waals surface area contributed by atoms with E-state index >= 15 is 0 Å². The molecule has 2 heteroatoms. The Bertz CT molecular complexity index is 460. The second-order valence-corrected chi connectivity index (χ2v) is 5.28. The number of hydrogen-bond acceptors (Lipinski definition) is 2. The lowest BCUT2D eigenvalue weighted by Crippen LogP contribution is -2.33. The molecule has 0 spiro atoms. The average Bonchev–Trinajstić information content (AvgIpc) is 2.81. The minimum atomic E-state index is 0.430. The monoisotopic (exact) mass is 387 g/mol.